The van der Waals surface area contributed by atoms with Gasteiger partial charge in [0.1, 0.15) is 0 Å². The lowest BCUT2D eigenvalue weighted by Gasteiger charge is -2.14. The Hall–Kier alpha value is -2.12. The molecule has 0 saturated heterocycles. The van der Waals surface area contributed by atoms with Crippen LogP contribution in [0.3, 0.4) is 0 Å². The molecule has 4 nitrogen and oxygen atoms in total. The van der Waals surface area contributed by atoms with Crippen LogP contribution in [-0.4, -0.2) is 29.3 Å². The number of halogens is 4. The largest absolute Gasteiger partial charge is 0.481 e. The lowest BCUT2D eigenvalue weighted by atomic mass is 10.1. The molecule has 0 aliphatic rings. The van der Waals surface area contributed by atoms with Crippen molar-refractivity contribution in [2.24, 2.45) is 0 Å². The second kappa shape index (κ2) is 6.36. The number of hydrogen-bond acceptors (Lipinski definition) is 2. The molecular formula is C12H11F4NO3. The van der Waals surface area contributed by atoms with Crippen LogP contribution >= 0.6 is 0 Å². The van der Waals surface area contributed by atoms with Gasteiger partial charge < -0.3 is 10.4 Å². The van der Waals surface area contributed by atoms with Crippen molar-refractivity contribution in [1.29, 1.82) is 0 Å². The van der Waals surface area contributed by atoms with Gasteiger partial charge in [-0.25, -0.2) is 8.78 Å². The van der Waals surface area contributed by atoms with Gasteiger partial charge in [0.25, 0.3) is 0 Å². The highest BCUT2D eigenvalue weighted by Gasteiger charge is 2.48. The molecule has 110 valence electrons. The minimum absolute atomic E-state index is 0.0746. The van der Waals surface area contributed by atoms with Crippen LogP contribution < -0.4 is 5.32 Å². The first-order valence-corrected chi connectivity index (χ1v) is 5.51. The summed E-state index contributed by atoms with van der Waals surface area (Å²) in [5, 5.41) is 10.1. The fourth-order valence-electron chi connectivity index (χ4n) is 1.32. The van der Waals surface area contributed by atoms with Crippen molar-refractivity contribution in [2.75, 3.05) is 5.32 Å². The van der Waals surface area contributed by atoms with Gasteiger partial charge in [0.2, 0.25) is 0 Å². The van der Waals surface area contributed by atoms with Crippen molar-refractivity contribution in [2.45, 2.75) is 25.2 Å². The Bertz CT molecular complexity index is 488. The highest BCUT2D eigenvalue weighted by molar-refractivity contribution is 5.96. The normalized spacial score (nSPS) is 11.4. The Labute approximate surface area is 111 Å². The van der Waals surface area contributed by atoms with Gasteiger partial charge in [-0.1, -0.05) is 12.1 Å². The lowest BCUT2D eigenvalue weighted by Crippen LogP contribution is -2.40. The fraction of sp³-hybridized carbons (Fsp3) is 0.333. The standard InChI is InChI=1S/C12H11F4NO3/c13-10(14)12(15,16)11(20)17-8-4-1-7(2-5-8)3-6-9(18)19/h1-2,4-5,10H,3,6H2,(H,17,20)(H,18,19). The molecule has 2 N–H and O–H groups in total. The first kappa shape index (κ1) is 15.9. The molecule has 0 unspecified atom stereocenters. The number of carboxylic acid groups (broad SMARTS) is 1. The van der Waals surface area contributed by atoms with E-state index in [0.29, 0.717) is 5.56 Å². The maximum atomic E-state index is 12.7. The number of rotatable bonds is 6. The Kier molecular flexibility index (Phi) is 5.06. The highest BCUT2D eigenvalue weighted by atomic mass is 19.3. The van der Waals surface area contributed by atoms with Gasteiger partial charge >= 0.3 is 24.2 Å². The minimum Gasteiger partial charge on any atom is -0.481 e. The second-order valence-electron chi connectivity index (χ2n) is 3.97. The second-order valence-corrected chi connectivity index (χ2v) is 3.97. The number of carboxylic acids is 1. The summed E-state index contributed by atoms with van der Waals surface area (Å²) < 4.78 is 49.3. The zero-order valence-electron chi connectivity index (χ0n) is 10.1. The van der Waals surface area contributed by atoms with Crippen molar-refractivity contribution < 1.29 is 32.3 Å². The molecule has 8 heteroatoms. The van der Waals surface area contributed by atoms with E-state index >= 15 is 0 Å². The Morgan fingerprint density at radius 3 is 2.20 bits per heavy atom. The van der Waals surface area contributed by atoms with E-state index in [1.54, 1.807) is 5.32 Å². The Morgan fingerprint density at radius 2 is 1.75 bits per heavy atom. The van der Waals surface area contributed by atoms with Gasteiger partial charge in [0, 0.05) is 12.1 Å². The van der Waals surface area contributed by atoms with E-state index in [2.05, 4.69) is 0 Å². The number of alkyl halides is 4. The van der Waals surface area contributed by atoms with E-state index in [4.69, 9.17) is 5.11 Å². The number of nitrogens with one attached hydrogen (secondary N) is 1. The molecular weight excluding hydrogens is 282 g/mol. The molecule has 1 rings (SSSR count). The molecule has 0 aliphatic carbocycles. The van der Waals surface area contributed by atoms with E-state index < -0.39 is 24.2 Å². The van der Waals surface area contributed by atoms with Crippen molar-refractivity contribution in [1.82, 2.24) is 0 Å². The van der Waals surface area contributed by atoms with Crippen molar-refractivity contribution in [3.05, 3.63) is 29.8 Å². The van der Waals surface area contributed by atoms with Crippen LogP contribution in [0.25, 0.3) is 0 Å². The average Bonchev–Trinajstić information content (AvgIpc) is 2.37. The molecule has 1 aromatic rings. The molecule has 0 bridgehead atoms. The SMILES string of the molecule is O=C(O)CCc1ccc(NC(=O)C(F)(F)C(F)F)cc1. The molecule has 0 fully saturated rings. The number of benzene rings is 1. The lowest BCUT2D eigenvalue weighted by molar-refractivity contribution is -0.163. The van der Waals surface area contributed by atoms with E-state index in [1.807, 2.05) is 0 Å². The number of hydrogen-bond donors (Lipinski definition) is 2. The molecule has 0 saturated carbocycles. The number of carbonyl (C=O) groups excluding carboxylic acids is 1. The van der Waals surface area contributed by atoms with Crippen LogP contribution in [0.1, 0.15) is 12.0 Å². The van der Waals surface area contributed by atoms with Crippen molar-refractivity contribution in [3.63, 3.8) is 0 Å². The highest BCUT2D eigenvalue weighted by Crippen LogP contribution is 2.24. The molecule has 0 aliphatic heterocycles. The van der Waals surface area contributed by atoms with Crippen LogP contribution in [0.2, 0.25) is 0 Å². The summed E-state index contributed by atoms with van der Waals surface area (Å²) in [6.45, 7) is 0. The zero-order valence-corrected chi connectivity index (χ0v) is 10.1. The predicted octanol–water partition coefficient (Wildman–Crippen LogP) is 2.54. The monoisotopic (exact) mass is 293 g/mol. The van der Waals surface area contributed by atoms with E-state index in [0.717, 1.165) is 0 Å². The molecule has 0 atom stereocenters. The molecule has 0 radical (unpaired) electrons. The molecule has 1 aromatic carbocycles. The smallest absolute Gasteiger partial charge is 0.383 e. The van der Waals surface area contributed by atoms with Gasteiger partial charge in [-0.05, 0) is 24.1 Å². The zero-order chi connectivity index (χ0) is 15.3. The summed E-state index contributed by atoms with van der Waals surface area (Å²) in [5.41, 5.74) is 0.542. The van der Waals surface area contributed by atoms with Crippen LogP contribution in [0.15, 0.2) is 24.3 Å². The number of aliphatic carboxylic acids is 1. The fourth-order valence-corrected chi connectivity index (χ4v) is 1.32. The van der Waals surface area contributed by atoms with Gasteiger partial charge in [-0.3, -0.25) is 9.59 Å². The summed E-state index contributed by atoms with van der Waals surface area (Å²) in [6.07, 6.45) is -3.95. The molecule has 20 heavy (non-hydrogen) atoms. The third kappa shape index (κ3) is 4.22. The van der Waals surface area contributed by atoms with Gasteiger partial charge in [0.05, 0.1) is 0 Å². The van der Waals surface area contributed by atoms with Crippen molar-refractivity contribution in [3.8, 4) is 0 Å². The minimum atomic E-state index is -4.76. The maximum Gasteiger partial charge on any atom is 0.383 e. The average molecular weight is 293 g/mol. The first-order chi connectivity index (χ1) is 9.23. The van der Waals surface area contributed by atoms with Crippen LogP contribution in [0, 0.1) is 0 Å². The summed E-state index contributed by atoms with van der Waals surface area (Å²) in [6, 6.07) is 5.30. The van der Waals surface area contributed by atoms with Crippen LogP contribution in [0.4, 0.5) is 23.2 Å². The summed E-state index contributed by atoms with van der Waals surface area (Å²) in [4.78, 5) is 21.3. The third-order valence-corrected chi connectivity index (χ3v) is 2.42. The molecule has 0 spiro atoms. The summed E-state index contributed by atoms with van der Waals surface area (Å²) >= 11 is 0. The predicted molar refractivity (Wildman–Crippen MR) is 62.0 cm³/mol. The topological polar surface area (TPSA) is 66.4 Å². The Balaban J connectivity index is 2.66. The molecule has 0 aromatic heterocycles. The summed E-state index contributed by atoms with van der Waals surface area (Å²) in [7, 11) is 0. The van der Waals surface area contributed by atoms with Gasteiger partial charge in [-0.15, -0.1) is 0 Å². The van der Waals surface area contributed by atoms with E-state index in [9.17, 15) is 27.2 Å². The number of anilines is 1. The first-order valence-electron chi connectivity index (χ1n) is 5.51. The van der Waals surface area contributed by atoms with Crippen molar-refractivity contribution >= 4 is 17.6 Å². The molecule has 0 heterocycles. The van der Waals surface area contributed by atoms with E-state index in [-0.39, 0.29) is 18.5 Å². The van der Waals surface area contributed by atoms with Gasteiger partial charge in [-0.2, -0.15) is 8.78 Å². The van der Waals surface area contributed by atoms with Gasteiger partial charge in [0.15, 0.2) is 0 Å². The summed E-state index contributed by atoms with van der Waals surface area (Å²) in [5.74, 6) is -7.84. The van der Waals surface area contributed by atoms with Crippen LogP contribution in [-0.2, 0) is 16.0 Å². The maximum absolute atomic E-state index is 12.7. The number of amides is 1. The third-order valence-electron chi connectivity index (χ3n) is 2.42. The molecule has 1 amide bonds. The number of aryl methyl sites for hydroxylation is 1. The Morgan fingerprint density at radius 1 is 1.20 bits per heavy atom. The van der Waals surface area contributed by atoms with E-state index in [1.165, 1.54) is 24.3 Å². The number of carbonyl (C=O) groups is 2. The quantitative estimate of drug-likeness (QED) is 0.792. The van der Waals surface area contributed by atoms with Crippen LogP contribution in [0.5, 0.6) is 0 Å².